The molecule has 0 radical (unpaired) electrons. The van der Waals surface area contributed by atoms with Crippen LogP contribution >= 0.6 is 0 Å². The fourth-order valence-corrected chi connectivity index (χ4v) is 8.80. The molecule has 0 aromatic rings. The van der Waals surface area contributed by atoms with Crippen LogP contribution in [-0.4, -0.2) is 90.1 Å². The van der Waals surface area contributed by atoms with Crippen LogP contribution in [0, 0.1) is 47.4 Å². The zero-order valence-corrected chi connectivity index (χ0v) is 31.1. The van der Waals surface area contributed by atoms with Gasteiger partial charge < -0.3 is 26.2 Å². The number of likely N-dealkylation sites (tertiary alicyclic amines) is 1. The summed E-state index contributed by atoms with van der Waals surface area (Å²) in [6.45, 7) is 14.5. The smallest absolute Gasteiger partial charge is 0.315 e. The predicted octanol–water partition coefficient (Wildman–Crippen LogP) is 2.32. The van der Waals surface area contributed by atoms with Gasteiger partial charge in [-0.05, 0) is 62.7 Å². The summed E-state index contributed by atoms with van der Waals surface area (Å²) in [5, 5.41) is 10.8. The molecule has 0 bridgehead atoms. The number of sulfone groups is 1. The Morgan fingerprint density at radius 2 is 1.55 bits per heavy atom. The standard InChI is InChI=1S/C36H55N5O7S/c1-11-13-17-24(27(42)30(44)37-20-12-2)38-29(43)26-25-23(35(25,9)10)21-41(26)31(45)28(33(3,4)5)39-32(46)40-36(18-15-14-16-19-36)22-49(47,48)34(6,7)8/h1-2,23-26,28H,13-22H2,3-10H3,(H,37,44)(H,38,43)(H2,39,40,46)/t23?,24?,25-,26-,28+/m0/s1. The Bertz CT molecular complexity index is 1500. The van der Waals surface area contributed by atoms with Crippen molar-refractivity contribution >= 4 is 39.4 Å². The molecule has 3 rings (SSSR count). The lowest BCUT2D eigenvalue weighted by molar-refractivity contribution is -0.145. The number of carbonyl (C=O) groups excluding carboxylic acids is 5. The van der Waals surface area contributed by atoms with Crippen molar-refractivity contribution in [1.82, 2.24) is 26.2 Å². The third-order valence-electron chi connectivity index (χ3n) is 10.5. The van der Waals surface area contributed by atoms with Gasteiger partial charge in [-0.2, -0.15) is 0 Å². The molecule has 4 N–H and O–H groups in total. The number of fused-ring (bicyclic) bond motifs is 1. The topological polar surface area (TPSA) is 171 Å². The highest BCUT2D eigenvalue weighted by Gasteiger charge is 2.70. The fraction of sp³-hybridized carbons (Fsp3) is 0.750. The third kappa shape index (κ3) is 8.97. The van der Waals surface area contributed by atoms with Crippen LogP contribution in [0.5, 0.6) is 0 Å². The highest BCUT2D eigenvalue weighted by molar-refractivity contribution is 7.92. The molecule has 1 saturated heterocycles. The molecule has 0 spiro atoms. The van der Waals surface area contributed by atoms with Gasteiger partial charge in [0, 0.05) is 13.0 Å². The second-order valence-electron chi connectivity index (χ2n) is 16.6. The Balaban J connectivity index is 1.87. The number of carbonyl (C=O) groups is 5. The number of ketones is 1. The average Bonchev–Trinajstić information content (AvgIpc) is 3.30. The molecular weight excluding hydrogens is 646 g/mol. The minimum Gasteiger partial charge on any atom is -0.344 e. The maximum atomic E-state index is 14.4. The van der Waals surface area contributed by atoms with E-state index in [2.05, 4.69) is 33.1 Å². The molecule has 13 heteroatoms. The second kappa shape index (κ2) is 14.7. The number of Topliss-reactive ketones (excluding diaryl/α,β-unsaturated/α-hetero) is 1. The van der Waals surface area contributed by atoms with Crippen molar-refractivity contribution in [1.29, 1.82) is 0 Å². The number of rotatable bonds is 12. The summed E-state index contributed by atoms with van der Waals surface area (Å²) in [6.07, 6.45) is 14.2. The normalized spacial score (nSPS) is 23.8. The minimum absolute atomic E-state index is 0.00791. The molecule has 5 atom stereocenters. The molecule has 2 saturated carbocycles. The van der Waals surface area contributed by atoms with Crippen LogP contribution in [0.4, 0.5) is 4.79 Å². The van der Waals surface area contributed by atoms with Gasteiger partial charge in [-0.25, -0.2) is 13.2 Å². The van der Waals surface area contributed by atoms with Gasteiger partial charge in [0.2, 0.25) is 17.6 Å². The van der Waals surface area contributed by atoms with Crippen molar-refractivity contribution in [2.24, 2.45) is 22.7 Å². The molecule has 12 nitrogen and oxygen atoms in total. The molecular formula is C36H55N5O7S. The summed E-state index contributed by atoms with van der Waals surface area (Å²) in [4.78, 5) is 69.0. The van der Waals surface area contributed by atoms with Gasteiger partial charge in [0.1, 0.15) is 12.1 Å². The van der Waals surface area contributed by atoms with Gasteiger partial charge in [0.05, 0.1) is 28.6 Å². The zero-order valence-electron chi connectivity index (χ0n) is 30.3. The maximum Gasteiger partial charge on any atom is 0.315 e. The van der Waals surface area contributed by atoms with E-state index in [0.29, 0.717) is 12.8 Å². The highest BCUT2D eigenvalue weighted by atomic mass is 32.2. The Morgan fingerprint density at radius 3 is 2.08 bits per heavy atom. The minimum atomic E-state index is -3.58. The van der Waals surface area contributed by atoms with Crippen LogP contribution < -0.4 is 21.3 Å². The van der Waals surface area contributed by atoms with Gasteiger partial charge >= 0.3 is 6.03 Å². The molecule has 1 aliphatic heterocycles. The van der Waals surface area contributed by atoms with Crippen LogP contribution in [0.2, 0.25) is 0 Å². The van der Waals surface area contributed by atoms with Crippen LogP contribution in [-0.2, 0) is 29.0 Å². The second-order valence-corrected chi connectivity index (χ2v) is 19.3. The van der Waals surface area contributed by atoms with E-state index in [1.54, 1.807) is 41.5 Å². The first-order chi connectivity index (χ1) is 22.5. The van der Waals surface area contributed by atoms with Crippen molar-refractivity contribution in [3.63, 3.8) is 0 Å². The Morgan fingerprint density at radius 1 is 0.939 bits per heavy atom. The van der Waals surface area contributed by atoms with Crippen LogP contribution in [0.15, 0.2) is 0 Å². The lowest BCUT2D eigenvalue weighted by Crippen LogP contribution is -2.64. The van der Waals surface area contributed by atoms with Gasteiger partial charge in [-0.3, -0.25) is 19.2 Å². The van der Waals surface area contributed by atoms with E-state index in [0.717, 1.165) is 19.3 Å². The summed E-state index contributed by atoms with van der Waals surface area (Å²) < 4.78 is 25.6. The molecule has 3 aliphatic rings. The largest absolute Gasteiger partial charge is 0.344 e. The van der Waals surface area contributed by atoms with E-state index >= 15 is 0 Å². The van der Waals surface area contributed by atoms with Crippen LogP contribution in [0.3, 0.4) is 0 Å². The molecule has 3 fully saturated rings. The van der Waals surface area contributed by atoms with Gasteiger partial charge in [0.15, 0.2) is 9.84 Å². The number of nitrogens with one attached hydrogen (secondary N) is 4. The van der Waals surface area contributed by atoms with Gasteiger partial charge in [-0.15, -0.1) is 18.8 Å². The molecule has 272 valence electrons. The fourth-order valence-electron chi connectivity index (χ4n) is 7.28. The molecule has 2 unspecified atom stereocenters. The summed E-state index contributed by atoms with van der Waals surface area (Å²) in [7, 11) is -3.58. The number of hydrogen-bond donors (Lipinski definition) is 4. The summed E-state index contributed by atoms with van der Waals surface area (Å²) in [5.41, 5.74) is -2.03. The Kier molecular flexibility index (Phi) is 12.0. The third-order valence-corrected chi connectivity index (χ3v) is 13.3. The van der Waals surface area contributed by atoms with Crippen molar-refractivity contribution in [2.45, 2.75) is 129 Å². The van der Waals surface area contributed by atoms with E-state index in [-0.39, 0.29) is 48.9 Å². The number of amides is 5. The summed E-state index contributed by atoms with van der Waals surface area (Å²) in [5.74, 6) is 1.35. The molecule has 2 aliphatic carbocycles. The molecule has 49 heavy (non-hydrogen) atoms. The first kappa shape index (κ1) is 39.9. The Labute approximate surface area is 292 Å². The predicted molar refractivity (Wildman–Crippen MR) is 187 cm³/mol. The summed E-state index contributed by atoms with van der Waals surface area (Å²) >= 11 is 0. The number of piperidine rings is 1. The number of terminal acetylenes is 2. The van der Waals surface area contributed by atoms with Gasteiger partial charge in [-0.1, -0.05) is 59.8 Å². The first-order valence-corrected chi connectivity index (χ1v) is 18.8. The number of urea groups is 1. The monoisotopic (exact) mass is 701 g/mol. The molecule has 5 amide bonds. The zero-order chi connectivity index (χ0) is 37.2. The van der Waals surface area contributed by atoms with E-state index in [9.17, 15) is 32.4 Å². The number of nitrogens with zero attached hydrogens (tertiary/aromatic N) is 1. The number of hydrogen-bond acceptors (Lipinski definition) is 7. The Hall–Kier alpha value is -3.58. The van der Waals surface area contributed by atoms with Crippen molar-refractivity contribution in [3.05, 3.63) is 0 Å². The van der Waals surface area contributed by atoms with E-state index in [1.165, 1.54) is 4.90 Å². The first-order valence-electron chi connectivity index (χ1n) is 17.1. The highest BCUT2D eigenvalue weighted by Crippen LogP contribution is 2.65. The van der Waals surface area contributed by atoms with E-state index in [4.69, 9.17) is 12.8 Å². The lowest BCUT2D eigenvalue weighted by atomic mass is 9.83. The summed E-state index contributed by atoms with van der Waals surface area (Å²) in [6, 6.07) is -3.91. The van der Waals surface area contributed by atoms with Crippen molar-refractivity contribution in [3.8, 4) is 24.7 Å². The van der Waals surface area contributed by atoms with E-state index < -0.39 is 73.2 Å². The molecule has 1 heterocycles. The van der Waals surface area contributed by atoms with Crippen LogP contribution in [0.1, 0.15) is 100 Å². The molecule has 0 aromatic heterocycles. The maximum absolute atomic E-state index is 14.4. The lowest BCUT2D eigenvalue weighted by Gasteiger charge is -2.41. The average molecular weight is 702 g/mol. The molecule has 0 aromatic carbocycles. The van der Waals surface area contributed by atoms with Gasteiger partial charge in [0.25, 0.3) is 5.91 Å². The van der Waals surface area contributed by atoms with E-state index in [1.807, 2.05) is 13.8 Å². The van der Waals surface area contributed by atoms with Crippen LogP contribution in [0.25, 0.3) is 0 Å². The quantitative estimate of drug-likeness (QED) is 0.179. The van der Waals surface area contributed by atoms with Crippen molar-refractivity contribution in [2.75, 3.05) is 18.8 Å². The van der Waals surface area contributed by atoms with Crippen molar-refractivity contribution < 1.29 is 32.4 Å². The SMILES string of the molecule is C#CCCC(NC(=O)[C@@H]1[C@@H]2C(CN1C(=O)[C@@H](NC(=O)NC1(CS(=O)(=O)C(C)(C)C)CCCCC1)C(C)(C)C)C2(C)C)C(=O)C(=O)NCC#C.